The van der Waals surface area contributed by atoms with Crippen molar-refractivity contribution in [1.82, 2.24) is 5.32 Å². The third-order valence-electron chi connectivity index (χ3n) is 4.05. The van der Waals surface area contributed by atoms with E-state index in [2.05, 4.69) is 5.32 Å². The minimum absolute atomic E-state index is 0.00528. The van der Waals surface area contributed by atoms with Crippen LogP contribution < -0.4 is 11.1 Å². The Hall–Kier alpha value is -1.72. The number of carbonyl (C=O) groups excluding carboxylic acids is 1. The molecule has 3 N–H and O–H groups in total. The Morgan fingerprint density at radius 1 is 1.29 bits per heavy atom. The molecule has 6 heteroatoms. The van der Waals surface area contributed by atoms with Crippen LogP contribution in [-0.4, -0.2) is 11.9 Å². The van der Waals surface area contributed by atoms with E-state index >= 15 is 0 Å². The van der Waals surface area contributed by atoms with Crippen molar-refractivity contribution in [3.05, 3.63) is 29.3 Å². The first kappa shape index (κ1) is 15.7. The number of nitrogens with one attached hydrogen (secondary N) is 1. The van der Waals surface area contributed by atoms with Crippen LogP contribution in [-0.2, 0) is 6.18 Å². The maximum atomic E-state index is 12.8. The molecule has 0 bridgehead atoms. The van der Waals surface area contributed by atoms with Crippen LogP contribution in [0.1, 0.15) is 48.5 Å². The maximum absolute atomic E-state index is 12.8. The Labute approximate surface area is 121 Å². The van der Waals surface area contributed by atoms with Crippen LogP contribution in [0, 0.1) is 5.92 Å². The van der Waals surface area contributed by atoms with Gasteiger partial charge < -0.3 is 11.1 Å². The zero-order valence-corrected chi connectivity index (χ0v) is 11.8. The number of carbonyl (C=O) groups is 1. The second-order valence-electron chi connectivity index (χ2n) is 5.64. The fourth-order valence-electron chi connectivity index (χ4n) is 2.73. The van der Waals surface area contributed by atoms with E-state index in [1.165, 1.54) is 6.07 Å². The van der Waals surface area contributed by atoms with Crippen LogP contribution in [0.4, 0.5) is 18.9 Å². The van der Waals surface area contributed by atoms with Gasteiger partial charge in [0.1, 0.15) is 0 Å². The average molecular weight is 300 g/mol. The molecule has 1 aliphatic rings. The van der Waals surface area contributed by atoms with E-state index in [4.69, 9.17) is 5.73 Å². The van der Waals surface area contributed by atoms with Gasteiger partial charge in [-0.3, -0.25) is 4.79 Å². The fraction of sp³-hybridized carbons (Fsp3) is 0.533. The molecule has 21 heavy (non-hydrogen) atoms. The summed E-state index contributed by atoms with van der Waals surface area (Å²) in [5, 5.41) is 2.84. The minimum atomic E-state index is -4.56. The Balaban J connectivity index is 2.16. The molecule has 0 aromatic heterocycles. The molecule has 2 rings (SSSR count). The summed E-state index contributed by atoms with van der Waals surface area (Å²) >= 11 is 0. The predicted molar refractivity (Wildman–Crippen MR) is 74.7 cm³/mol. The molecule has 3 nitrogen and oxygen atoms in total. The summed E-state index contributed by atoms with van der Waals surface area (Å²) in [5.74, 6) is -0.127. The van der Waals surface area contributed by atoms with Crippen LogP contribution in [0.5, 0.6) is 0 Å². The van der Waals surface area contributed by atoms with Crippen molar-refractivity contribution in [3.8, 4) is 0 Å². The summed E-state index contributed by atoms with van der Waals surface area (Å²) in [6, 6.07) is 3.30. The highest BCUT2D eigenvalue weighted by Gasteiger charge is 2.34. The molecule has 0 heterocycles. The summed E-state index contributed by atoms with van der Waals surface area (Å²) in [6.07, 6.45) is -0.495. The van der Waals surface area contributed by atoms with Gasteiger partial charge >= 0.3 is 6.18 Å². The topological polar surface area (TPSA) is 55.1 Å². The number of hydrogen-bond donors (Lipinski definition) is 2. The van der Waals surface area contributed by atoms with Crippen molar-refractivity contribution in [2.24, 2.45) is 5.92 Å². The van der Waals surface area contributed by atoms with E-state index in [1.807, 2.05) is 6.92 Å². The van der Waals surface area contributed by atoms with Crippen molar-refractivity contribution in [2.75, 3.05) is 5.73 Å². The second-order valence-corrected chi connectivity index (χ2v) is 5.64. The van der Waals surface area contributed by atoms with Gasteiger partial charge in [-0.25, -0.2) is 0 Å². The summed E-state index contributed by atoms with van der Waals surface area (Å²) in [5.41, 5.74) is 3.99. The summed E-state index contributed by atoms with van der Waals surface area (Å²) < 4.78 is 38.4. The van der Waals surface area contributed by atoms with Crippen LogP contribution >= 0.6 is 0 Å². The smallest absolute Gasteiger partial charge is 0.398 e. The quantitative estimate of drug-likeness (QED) is 0.820. The minimum Gasteiger partial charge on any atom is -0.398 e. The van der Waals surface area contributed by atoms with Crippen molar-refractivity contribution in [1.29, 1.82) is 0 Å². The lowest BCUT2D eigenvalue weighted by molar-refractivity contribution is -0.136. The van der Waals surface area contributed by atoms with Crippen LogP contribution in [0.25, 0.3) is 0 Å². The molecule has 0 saturated heterocycles. The second kappa shape index (κ2) is 5.95. The maximum Gasteiger partial charge on any atom is 0.418 e. The van der Waals surface area contributed by atoms with Gasteiger partial charge in [-0.05, 0) is 37.0 Å². The molecule has 1 aromatic rings. The van der Waals surface area contributed by atoms with Gasteiger partial charge in [0.05, 0.1) is 5.56 Å². The van der Waals surface area contributed by atoms with Gasteiger partial charge in [-0.15, -0.1) is 0 Å². The van der Waals surface area contributed by atoms with Gasteiger partial charge in [0.25, 0.3) is 5.91 Å². The third-order valence-corrected chi connectivity index (χ3v) is 4.05. The Morgan fingerprint density at radius 2 is 1.95 bits per heavy atom. The molecule has 1 saturated carbocycles. The van der Waals surface area contributed by atoms with Crippen molar-refractivity contribution in [3.63, 3.8) is 0 Å². The molecule has 1 fully saturated rings. The first-order chi connectivity index (χ1) is 9.79. The summed E-state index contributed by atoms with van der Waals surface area (Å²) in [6.45, 7) is 2.05. The van der Waals surface area contributed by atoms with Gasteiger partial charge in [-0.1, -0.05) is 19.8 Å². The third kappa shape index (κ3) is 3.68. The molecule has 116 valence electrons. The summed E-state index contributed by atoms with van der Waals surface area (Å²) in [7, 11) is 0. The van der Waals surface area contributed by atoms with Gasteiger partial charge in [0, 0.05) is 17.3 Å². The fourth-order valence-corrected chi connectivity index (χ4v) is 2.73. The van der Waals surface area contributed by atoms with Crippen molar-refractivity contribution >= 4 is 11.6 Å². The molecule has 0 aliphatic heterocycles. The molecule has 0 spiro atoms. The highest BCUT2D eigenvalue weighted by atomic mass is 19.4. The van der Waals surface area contributed by atoms with E-state index in [0.29, 0.717) is 5.92 Å². The predicted octanol–water partition coefficient (Wildman–Crippen LogP) is 3.60. The average Bonchev–Trinajstić information content (AvgIpc) is 2.40. The van der Waals surface area contributed by atoms with E-state index in [9.17, 15) is 18.0 Å². The highest BCUT2D eigenvalue weighted by Crippen LogP contribution is 2.34. The molecule has 1 aromatic carbocycles. The number of nitrogens with two attached hydrogens (primary N) is 1. The van der Waals surface area contributed by atoms with Gasteiger partial charge in [0.15, 0.2) is 0 Å². The van der Waals surface area contributed by atoms with Crippen molar-refractivity contribution in [2.45, 2.75) is 44.8 Å². The van der Waals surface area contributed by atoms with Crippen LogP contribution in [0.2, 0.25) is 0 Å². The van der Waals surface area contributed by atoms with Gasteiger partial charge in [0.2, 0.25) is 0 Å². The highest BCUT2D eigenvalue weighted by molar-refractivity contribution is 5.95. The lowest BCUT2D eigenvalue weighted by Crippen LogP contribution is -2.41. The lowest BCUT2D eigenvalue weighted by Gasteiger charge is -2.29. The summed E-state index contributed by atoms with van der Waals surface area (Å²) in [4.78, 5) is 12.1. The van der Waals surface area contributed by atoms with Crippen LogP contribution in [0.15, 0.2) is 18.2 Å². The Kier molecular flexibility index (Phi) is 4.44. The van der Waals surface area contributed by atoms with Gasteiger partial charge in [-0.2, -0.15) is 13.2 Å². The number of amides is 1. The van der Waals surface area contributed by atoms with E-state index in [1.54, 1.807) is 0 Å². The standard InChI is InChI=1S/C15H19F3N2O/c1-9-4-2-3-5-13(9)20-14(21)10-6-7-12(19)11(8-10)15(16,17)18/h6-9,13H,2-5,19H2,1H3,(H,20,21). The SMILES string of the molecule is CC1CCCCC1NC(=O)c1ccc(N)c(C(F)(F)F)c1. The first-order valence-corrected chi connectivity index (χ1v) is 7.06. The molecule has 2 atom stereocenters. The van der Waals surface area contributed by atoms with Crippen LogP contribution in [0.3, 0.4) is 0 Å². The number of anilines is 1. The van der Waals surface area contributed by atoms with E-state index < -0.39 is 17.6 Å². The normalized spacial score (nSPS) is 22.9. The number of halogens is 3. The Morgan fingerprint density at radius 3 is 2.57 bits per heavy atom. The van der Waals surface area contributed by atoms with E-state index in [0.717, 1.165) is 37.8 Å². The number of alkyl halides is 3. The Bertz CT molecular complexity index is 528. The monoisotopic (exact) mass is 300 g/mol. The molecule has 1 amide bonds. The number of benzene rings is 1. The molecular weight excluding hydrogens is 281 g/mol. The number of hydrogen-bond acceptors (Lipinski definition) is 2. The zero-order valence-electron chi connectivity index (χ0n) is 11.8. The van der Waals surface area contributed by atoms with Crippen molar-refractivity contribution < 1.29 is 18.0 Å². The van der Waals surface area contributed by atoms with E-state index in [-0.39, 0.29) is 17.3 Å². The number of rotatable bonds is 2. The zero-order chi connectivity index (χ0) is 15.6. The first-order valence-electron chi connectivity index (χ1n) is 7.06. The molecule has 1 aliphatic carbocycles. The molecule has 2 unspecified atom stereocenters. The molecular formula is C15H19F3N2O. The lowest BCUT2D eigenvalue weighted by atomic mass is 9.86. The number of nitrogen functional groups attached to an aromatic ring is 1. The largest absolute Gasteiger partial charge is 0.418 e. The molecule has 0 radical (unpaired) electrons.